The van der Waals surface area contributed by atoms with Gasteiger partial charge in [0.1, 0.15) is 17.3 Å². The fourth-order valence-corrected chi connectivity index (χ4v) is 3.36. The number of aromatic nitrogens is 4. The van der Waals surface area contributed by atoms with E-state index in [9.17, 15) is 10.1 Å². The smallest absolute Gasteiger partial charge is 0.234 e. The SMILES string of the molecule is Cc1ccc(-n2nnnc2SCC(=O)Nc2c(C#N)oc3ccccc23)cc1. The third kappa shape index (κ3) is 3.45. The predicted molar refractivity (Wildman–Crippen MR) is 104 cm³/mol. The van der Waals surface area contributed by atoms with Crippen LogP contribution in [0.15, 0.2) is 58.1 Å². The van der Waals surface area contributed by atoms with Crippen LogP contribution < -0.4 is 5.32 Å². The molecule has 2 heterocycles. The molecule has 0 atom stereocenters. The van der Waals surface area contributed by atoms with Crippen LogP contribution in [0.3, 0.4) is 0 Å². The number of carbonyl (C=O) groups excluding carboxylic acids is 1. The van der Waals surface area contributed by atoms with Gasteiger partial charge in [0.05, 0.1) is 11.4 Å². The topological polar surface area (TPSA) is 110 Å². The van der Waals surface area contributed by atoms with Gasteiger partial charge in [-0.05, 0) is 41.6 Å². The summed E-state index contributed by atoms with van der Waals surface area (Å²) in [4.78, 5) is 12.4. The number of fused-ring (bicyclic) bond motifs is 1. The van der Waals surface area contributed by atoms with Crippen molar-refractivity contribution in [3.05, 3.63) is 59.9 Å². The van der Waals surface area contributed by atoms with Crippen molar-refractivity contribution < 1.29 is 9.21 Å². The van der Waals surface area contributed by atoms with E-state index in [1.807, 2.05) is 43.3 Å². The van der Waals surface area contributed by atoms with Crippen LogP contribution in [-0.2, 0) is 4.79 Å². The molecule has 4 aromatic rings. The molecule has 1 amide bonds. The standard InChI is InChI=1S/C19H14N6O2S/c1-12-6-8-13(9-7-12)25-19(22-23-24-25)28-11-17(26)21-18-14-4-2-3-5-15(14)27-16(18)10-20/h2-9H,11H2,1H3,(H,21,26). The molecule has 2 aromatic heterocycles. The third-order valence-corrected chi connectivity index (χ3v) is 4.93. The van der Waals surface area contributed by atoms with Crippen LogP contribution in [0.4, 0.5) is 5.69 Å². The Labute approximate surface area is 164 Å². The summed E-state index contributed by atoms with van der Waals surface area (Å²) >= 11 is 1.20. The Morgan fingerprint density at radius 3 is 2.82 bits per heavy atom. The lowest BCUT2D eigenvalue weighted by atomic mass is 10.2. The Balaban J connectivity index is 1.49. The normalized spacial score (nSPS) is 10.7. The fourth-order valence-electron chi connectivity index (χ4n) is 2.67. The Morgan fingerprint density at radius 2 is 2.04 bits per heavy atom. The van der Waals surface area contributed by atoms with Gasteiger partial charge in [0.15, 0.2) is 0 Å². The number of carbonyl (C=O) groups is 1. The first-order valence-electron chi connectivity index (χ1n) is 8.35. The van der Waals surface area contributed by atoms with Crippen molar-refractivity contribution in [3.8, 4) is 11.8 Å². The second kappa shape index (κ2) is 7.54. The van der Waals surface area contributed by atoms with Crippen LogP contribution in [0.25, 0.3) is 16.7 Å². The number of furan rings is 1. The van der Waals surface area contributed by atoms with Crippen LogP contribution >= 0.6 is 11.8 Å². The minimum absolute atomic E-state index is 0.0732. The molecule has 0 unspecified atom stereocenters. The van der Waals surface area contributed by atoms with Gasteiger partial charge in [0, 0.05) is 5.39 Å². The summed E-state index contributed by atoms with van der Waals surface area (Å²) in [7, 11) is 0. The van der Waals surface area contributed by atoms with Crippen LogP contribution in [-0.4, -0.2) is 31.9 Å². The summed E-state index contributed by atoms with van der Waals surface area (Å²) < 4.78 is 7.04. The maximum absolute atomic E-state index is 12.4. The van der Waals surface area contributed by atoms with E-state index in [4.69, 9.17) is 4.42 Å². The molecule has 0 aliphatic heterocycles. The van der Waals surface area contributed by atoms with Crippen molar-refractivity contribution in [2.24, 2.45) is 0 Å². The van der Waals surface area contributed by atoms with Crippen molar-refractivity contribution in [2.75, 3.05) is 11.1 Å². The summed E-state index contributed by atoms with van der Waals surface area (Å²) in [6.07, 6.45) is 0. The van der Waals surface area contributed by atoms with E-state index >= 15 is 0 Å². The number of benzene rings is 2. The van der Waals surface area contributed by atoms with Gasteiger partial charge in [0.25, 0.3) is 0 Å². The number of thioether (sulfide) groups is 1. The van der Waals surface area contributed by atoms with Crippen molar-refractivity contribution in [1.29, 1.82) is 5.26 Å². The first-order valence-corrected chi connectivity index (χ1v) is 9.34. The molecular weight excluding hydrogens is 376 g/mol. The second-order valence-corrected chi connectivity index (χ2v) is 6.90. The number of tetrazole rings is 1. The van der Waals surface area contributed by atoms with Crippen molar-refractivity contribution in [3.63, 3.8) is 0 Å². The van der Waals surface area contributed by atoms with Gasteiger partial charge >= 0.3 is 0 Å². The molecule has 0 bridgehead atoms. The quantitative estimate of drug-likeness (QED) is 0.521. The molecule has 28 heavy (non-hydrogen) atoms. The van der Waals surface area contributed by atoms with Crippen LogP contribution in [0.1, 0.15) is 11.3 Å². The van der Waals surface area contributed by atoms with E-state index in [-0.39, 0.29) is 17.4 Å². The number of nitrogens with one attached hydrogen (secondary N) is 1. The lowest BCUT2D eigenvalue weighted by molar-refractivity contribution is -0.113. The fraction of sp³-hybridized carbons (Fsp3) is 0.105. The van der Waals surface area contributed by atoms with Crippen molar-refractivity contribution in [1.82, 2.24) is 20.2 Å². The number of anilines is 1. The highest BCUT2D eigenvalue weighted by molar-refractivity contribution is 7.99. The molecule has 0 saturated carbocycles. The third-order valence-electron chi connectivity index (χ3n) is 4.01. The number of hydrogen-bond donors (Lipinski definition) is 1. The van der Waals surface area contributed by atoms with Gasteiger partial charge in [-0.15, -0.1) is 5.10 Å². The van der Waals surface area contributed by atoms with E-state index in [1.165, 1.54) is 11.8 Å². The van der Waals surface area contributed by atoms with Crippen LogP contribution in [0.5, 0.6) is 0 Å². The molecule has 4 rings (SSSR count). The van der Waals surface area contributed by atoms with Gasteiger partial charge in [-0.1, -0.05) is 41.6 Å². The van der Waals surface area contributed by atoms with Crippen molar-refractivity contribution in [2.45, 2.75) is 12.1 Å². The van der Waals surface area contributed by atoms with Crippen molar-refractivity contribution >= 4 is 34.3 Å². The molecule has 8 nitrogen and oxygen atoms in total. The Hall–Kier alpha value is -3.64. The first-order chi connectivity index (χ1) is 13.7. The molecule has 0 radical (unpaired) electrons. The number of amides is 1. The van der Waals surface area contributed by atoms with Crippen LogP contribution in [0, 0.1) is 18.3 Å². The molecular formula is C19H14N6O2S. The second-order valence-electron chi connectivity index (χ2n) is 5.96. The summed E-state index contributed by atoms with van der Waals surface area (Å²) in [5.41, 5.74) is 2.87. The summed E-state index contributed by atoms with van der Waals surface area (Å²) in [6.45, 7) is 2.00. The molecule has 0 saturated heterocycles. The van der Waals surface area contributed by atoms with E-state index in [0.717, 1.165) is 11.3 Å². The highest BCUT2D eigenvalue weighted by Gasteiger charge is 2.17. The highest BCUT2D eigenvalue weighted by atomic mass is 32.2. The van der Waals surface area contributed by atoms with Gasteiger partial charge in [-0.3, -0.25) is 4.79 Å². The van der Waals surface area contributed by atoms with Gasteiger partial charge < -0.3 is 9.73 Å². The summed E-state index contributed by atoms with van der Waals surface area (Å²) in [5, 5.41) is 24.9. The average Bonchev–Trinajstić information content (AvgIpc) is 3.32. The molecule has 1 N–H and O–H groups in total. The number of rotatable bonds is 5. The molecule has 0 spiro atoms. The van der Waals surface area contributed by atoms with Crippen LogP contribution in [0.2, 0.25) is 0 Å². The number of aryl methyl sites for hydroxylation is 1. The average molecular weight is 390 g/mol. The van der Waals surface area contributed by atoms with Gasteiger partial charge in [-0.2, -0.15) is 9.94 Å². The minimum Gasteiger partial charge on any atom is -0.443 e. The highest BCUT2D eigenvalue weighted by Crippen LogP contribution is 2.30. The molecule has 0 aliphatic rings. The minimum atomic E-state index is -0.286. The lowest BCUT2D eigenvalue weighted by Gasteiger charge is -2.05. The van der Waals surface area contributed by atoms with E-state index in [1.54, 1.807) is 22.9 Å². The lowest BCUT2D eigenvalue weighted by Crippen LogP contribution is -2.15. The first kappa shape index (κ1) is 17.8. The number of para-hydroxylation sites is 1. The number of hydrogen-bond acceptors (Lipinski definition) is 7. The van der Waals surface area contributed by atoms with E-state index in [0.29, 0.717) is 21.8 Å². The Bertz CT molecular complexity index is 1190. The predicted octanol–water partition coefficient (Wildman–Crippen LogP) is 3.32. The zero-order valence-corrected chi connectivity index (χ0v) is 15.6. The largest absolute Gasteiger partial charge is 0.443 e. The van der Waals surface area contributed by atoms with E-state index in [2.05, 4.69) is 20.8 Å². The van der Waals surface area contributed by atoms with Gasteiger partial charge in [0.2, 0.25) is 16.8 Å². The van der Waals surface area contributed by atoms with E-state index < -0.39 is 0 Å². The molecule has 2 aromatic carbocycles. The van der Waals surface area contributed by atoms with Gasteiger partial charge in [-0.25, -0.2) is 0 Å². The summed E-state index contributed by atoms with van der Waals surface area (Å²) in [6, 6.07) is 16.9. The molecule has 138 valence electrons. The number of nitrogens with zero attached hydrogens (tertiary/aromatic N) is 5. The molecule has 9 heteroatoms. The number of nitriles is 1. The summed E-state index contributed by atoms with van der Waals surface area (Å²) in [5.74, 6) is -0.132. The zero-order chi connectivity index (χ0) is 19.5. The monoisotopic (exact) mass is 390 g/mol. The molecule has 0 fully saturated rings. The zero-order valence-electron chi connectivity index (χ0n) is 14.8. The maximum Gasteiger partial charge on any atom is 0.234 e. The molecule has 0 aliphatic carbocycles. The Morgan fingerprint density at radius 1 is 1.25 bits per heavy atom. The Kier molecular flexibility index (Phi) is 4.78. The maximum atomic E-state index is 12.4.